The predicted octanol–water partition coefficient (Wildman–Crippen LogP) is -4.94. The number of aromatic hydroxyl groups is 1. The number of halogens is 3. The minimum atomic E-state index is -5.19. The largest absolute Gasteiger partial charge is 0.542 e. The Morgan fingerprint density at radius 1 is 0.808 bits per heavy atom. The number of aliphatic carboxylic acids is 1. The van der Waals surface area contributed by atoms with Gasteiger partial charge in [0.25, 0.3) is 5.91 Å². The summed E-state index contributed by atoms with van der Waals surface area (Å²) in [7, 11) is 0. The highest BCUT2D eigenvalue weighted by atomic mass is 32.2. The third-order valence-electron chi connectivity index (χ3n) is 12.0. The van der Waals surface area contributed by atoms with E-state index in [0.717, 1.165) is 0 Å². The van der Waals surface area contributed by atoms with Gasteiger partial charge in [-0.25, -0.2) is 0 Å². The van der Waals surface area contributed by atoms with E-state index >= 15 is 0 Å². The summed E-state index contributed by atoms with van der Waals surface area (Å²) < 4.78 is 31.5. The van der Waals surface area contributed by atoms with E-state index in [4.69, 9.17) is 27.1 Å². The number of carboxylic acids is 1. The minimum absolute atomic E-state index is 0.0233. The third kappa shape index (κ3) is 23.8. The number of hydrogen-bond acceptors (Lipinski definition) is 16. The first-order valence-electron chi connectivity index (χ1n) is 24.7. The standard InChI is InChI=1S/C45H70N12O12S2.C2HF3O2/c1-5-24(4)37-44(68)51-28(12-13-34(47)59)40(64)53-31(19-35(48)60)41(65)55-32(45(69)57-14-6-7-33(57)43(67)54-29(17-23(2)3)39(63)50-20-36(49)61)22-71-16-15-70-21-27(46)38(62)52-30(42(66)56-37)18-25-8-10-26(58)11-9-25;3-2(4,5)1(6)7/h8-11,23-24,27-33,37,58H,5-7,12-22,46H2,1-4H3,(H2,47,59)(H2,48,60)(H2,49,61)(H,50,63)(H,51,68)(H,52,62)(H,53,64)(H,54,67)(H,55,65)(H,56,66);(H,6,7)/t24-,27-,28-,29-,30-,31-,32-,33-,37-;/m0./s1. The van der Waals surface area contributed by atoms with Crippen LogP contribution in [0.25, 0.3) is 0 Å². The molecule has 0 saturated carbocycles. The molecule has 9 atom stereocenters. The summed E-state index contributed by atoms with van der Waals surface area (Å²) in [6.45, 7) is 6.72. The molecular weight excluding hydrogens is 1080 g/mol. The molecule has 0 aromatic heterocycles. The number of amides is 11. The van der Waals surface area contributed by atoms with Crippen molar-refractivity contribution >= 4 is 94.5 Å². The van der Waals surface area contributed by atoms with Gasteiger partial charge in [0.15, 0.2) is 6.04 Å². The van der Waals surface area contributed by atoms with Crippen LogP contribution in [-0.4, -0.2) is 172 Å². The average Bonchev–Trinajstić information content (AvgIpc) is 3.86. The lowest BCUT2D eigenvalue weighted by Gasteiger charge is -2.31. The van der Waals surface area contributed by atoms with Crippen molar-refractivity contribution in [2.75, 3.05) is 36.1 Å². The number of nitrogens with zero attached hydrogens (tertiary/aromatic N) is 1. The Morgan fingerprint density at radius 2 is 1.37 bits per heavy atom. The maximum Gasteiger partial charge on any atom is 0.430 e. The predicted molar refractivity (Wildman–Crippen MR) is 274 cm³/mol. The number of phenols is 1. The lowest BCUT2D eigenvalue weighted by Crippen LogP contribution is -2.70. The lowest BCUT2D eigenvalue weighted by molar-refractivity contribution is -0.396. The van der Waals surface area contributed by atoms with Gasteiger partial charge < -0.3 is 80.1 Å². The van der Waals surface area contributed by atoms with E-state index < -0.39 is 151 Å². The van der Waals surface area contributed by atoms with Gasteiger partial charge in [0.05, 0.1) is 18.7 Å². The number of nitrogens with two attached hydrogens (primary N) is 3. The molecule has 0 unspecified atom stereocenters. The summed E-state index contributed by atoms with van der Waals surface area (Å²) in [5.74, 6) is -11.6. The van der Waals surface area contributed by atoms with Crippen molar-refractivity contribution in [3.05, 3.63) is 29.8 Å². The van der Waals surface area contributed by atoms with Crippen molar-refractivity contribution in [3.8, 4) is 5.75 Å². The summed E-state index contributed by atoms with van der Waals surface area (Å²) >= 11 is 2.60. The number of alkyl halides is 3. The lowest BCUT2D eigenvalue weighted by atomic mass is 9.96. The second-order valence-corrected chi connectivity index (χ2v) is 21.2. The van der Waals surface area contributed by atoms with E-state index in [9.17, 15) is 71.0 Å². The minimum Gasteiger partial charge on any atom is -0.542 e. The zero-order valence-electron chi connectivity index (χ0n) is 43.6. The molecule has 0 bridgehead atoms. The highest BCUT2D eigenvalue weighted by Crippen LogP contribution is 2.22. The fraction of sp³-hybridized carbons (Fsp3) is 0.617. The molecule has 11 amide bonds. The van der Waals surface area contributed by atoms with Gasteiger partial charge in [-0.3, -0.25) is 52.7 Å². The topological polar surface area (TPSA) is 441 Å². The highest BCUT2D eigenvalue weighted by molar-refractivity contribution is 8.03. The maximum atomic E-state index is 14.5. The van der Waals surface area contributed by atoms with Gasteiger partial charge in [0.1, 0.15) is 54.0 Å². The Balaban J connectivity index is 0.00000277. The van der Waals surface area contributed by atoms with Crippen molar-refractivity contribution in [2.24, 2.45) is 29.0 Å². The first-order chi connectivity index (χ1) is 36.4. The number of likely N-dealkylation sites (tertiary alicyclic amines) is 1. The summed E-state index contributed by atoms with van der Waals surface area (Å²) in [5, 5.41) is 36.8. The van der Waals surface area contributed by atoms with E-state index in [1.165, 1.54) is 40.6 Å². The van der Waals surface area contributed by atoms with E-state index in [-0.39, 0.29) is 55.4 Å². The number of phenolic OH excluding ortho intramolecular Hbond substituents is 1. The highest BCUT2D eigenvalue weighted by Gasteiger charge is 2.41. The van der Waals surface area contributed by atoms with Gasteiger partial charge in [0.2, 0.25) is 59.1 Å². The van der Waals surface area contributed by atoms with E-state index in [1.807, 2.05) is 13.8 Å². The molecule has 78 heavy (non-hydrogen) atoms. The van der Waals surface area contributed by atoms with Crippen LogP contribution in [0.2, 0.25) is 0 Å². The van der Waals surface area contributed by atoms with Crippen molar-refractivity contribution < 1.29 is 86.7 Å². The molecule has 436 valence electrons. The summed E-state index contributed by atoms with van der Waals surface area (Å²) in [4.78, 5) is 157. The first kappa shape index (κ1) is 67.2. The average molecular weight is 1150 g/mol. The second-order valence-electron chi connectivity index (χ2n) is 18.9. The van der Waals surface area contributed by atoms with Crippen LogP contribution in [0.4, 0.5) is 13.2 Å². The maximum absolute atomic E-state index is 14.5. The summed E-state index contributed by atoms with van der Waals surface area (Å²) in [6.07, 6.45) is -5.69. The Bertz CT molecular complexity index is 2300. The fourth-order valence-electron chi connectivity index (χ4n) is 7.66. The van der Waals surface area contributed by atoms with Crippen LogP contribution in [0.5, 0.6) is 5.75 Å². The Kier molecular flexibility index (Phi) is 28.2. The first-order valence-corrected chi connectivity index (χ1v) is 27.1. The summed E-state index contributed by atoms with van der Waals surface area (Å²) in [6, 6.07) is -4.25. The SMILES string of the molecule is CC[C@H](C)[C@@H]1NC(=O)[C@H](Cc2ccc(O)cc2)NC(=O)[C@@H]([NH3+])CSCCSC[C@@H](C(=O)N2CCC[C@H]2C(=O)N[C@@H](CC(C)C)C(=O)NCC(N)=O)NC(=O)[C@H](CC(N)=O)NC(=O)[C@H](CCC(N)=O)NC1=O.O=C([O-])C(F)(F)F. The molecule has 1 aromatic carbocycles. The fourth-order valence-corrected chi connectivity index (χ4v) is 9.83. The molecular formula is C47H71F3N12O14S2. The van der Waals surface area contributed by atoms with Crippen molar-refractivity contribution in [1.29, 1.82) is 0 Å². The zero-order valence-corrected chi connectivity index (χ0v) is 45.2. The van der Waals surface area contributed by atoms with Gasteiger partial charge in [-0.15, -0.1) is 0 Å². The monoisotopic (exact) mass is 1150 g/mol. The van der Waals surface area contributed by atoms with Crippen molar-refractivity contribution in [3.63, 3.8) is 0 Å². The van der Waals surface area contributed by atoms with E-state index in [0.29, 0.717) is 29.9 Å². The van der Waals surface area contributed by atoms with E-state index in [2.05, 4.69) is 43.0 Å². The normalized spacial score (nSPS) is 23.1. The van der Waals surface area contributed by atoms with Crippen molar-refractivity contribution in [1.82, 2.24) is 42.1 Å². The van der Waals surface area contributed by atoms with Crippen LogP contribution in [0.15, 0.2) is 24.3 Å². The number of carbonyl (C=O) groups excluding carboxylic acids is 12. The molecule has 2 fully saturated rings. The Labute approximate surface area is 456 Å². The smallest absolute Gasteiger partial charge is 0.430 e. The van der Waals surface area contributed by atoms with E-state index in [1.54, 1.807) is 26.0 Å². The van der Waals surface area contributed by atoms with Crippen LogP contribution in [0.3, 0.4) is 0 Å². The van der Waals surface area contributed by atoms with Gasteiger partial charge in [-0.05, 0) is 55.2 Å². The third-order valence-corrected chi connectivity index (χ3v) is 14.4. The molecule has 31 heteroatoms. The number of benzene rings is 1. The van der Waals surface area contributed by atoms with Crippen LogP contribution < -0.4 is 65.3 Å². The zero-order chi connectivity index (χ0) is 59.0. The number of carbonyl (C=O) groups is 12. The summed E-state index contributed by atoms with van der Waals surface area (Å²) in [5.41, 5.74) is 20.7. The molecule has 0 radical (unpaired) electrons. The number of nitrogens with one attached hydrogen (secondary N) is 7. The second kappa shape index (κ2) is 32.8. The van der Waals surface area contributed by atoms with Gasteiger partial charge in [0, 0.05) is 36.6 Å². The number of primary amides is 3. The number of quaternary nitrogens is 1. The van der Waals surface area contributed by atoms with Crippen LogP contribution >= 0.6 is 23.5 Å². The van der Waals surface area contributed by atoms with Gasteiger partial charge in [-0.2, -0.15) is 36.7 Å². The molecule has 26 nitrogen and oxygen atoms in total. The number of carboxylic acid groups (broad SMARTS) is 1. The van der Waals surface area contributed by atoms with Crippen LogP contribution in [0, 0.1) is 11.8 Å². The molecule has 2 heterocycles. The number of thioether (sulfide) groups is 2. The molecule has 3 rings (SSSR count). The number of hydrogen-bond donors (Lipinski definition) is 12. The molecule has 0 aliphatic carbocycles. The molecule has 2 saturated heterocycles. The van der Waals surface area contributed by atoms with Crippen LogP contribution in [-0.2, 0) is 64.0 Å². The van der Waals surface area contributed by atoms with Gasteiger partial charge >= 0.3 is 6.18 Å². The Hall–Kier alpha value is -6.89. The molecule has 2 aliphatic rings. The Morgan fingerprint density at radius 3 is 1.92 bits per heavy atom. The van der Waals surface area contributed by atoms with Crippen molar-refractivity contribution in [2.45, 2.75) is 134 Å². The van der Waals surface area contributed by atoms with Crippen LogP contribution in [0.1, 0.15) is 78.2 Å². The quantitative estimate of drug-likeness (QED) is 0.0695. The molecule has 0 spiro atoms. The molecule has 1 aromatic rings. The molecule has 17 N–H and O–H groups in total. The number of rotatable bonds is 17. The van der Waals surface area contributed by atoms with Gasteiger partial charge in [-0.1, -0.05) is 46.2 Å². The molecule has 2 aliphatic heterocycles.